The van der Waals surface area contributed by atoms with Crippen LogP contribution in [0.1, 0.15) is 18.4 Å². The van der Waals surface area contributed by atoms with Gasteiger partial charge in [-0.1, -0.05) is 24.3 Å². The number of aliphatic hydroxyl groups is 1. The summed E-state index contributed by atoms with van der Waals surface area (Å²) in [4.78, 5) is 14.6. The van der Waals surface area contributed by atoms with E-state index in [0.29, 0.717) is 5.92 Å². The number of benzene rings is 1. The van der Waals surface area contributed by atoms with Crippen LogP contribution in [-0.4, -0.2) is 46.9 Å². The molecule has 0 aliphatic carbocycles. The molecule has 3 aromatic rings. The molecule has 1 saturated heterocycles. The minimum Gasteiger partial charge on any atom is -0.392 e. The maximum Gasteiger partial charge on any atom is 0.143 e. The number of aliphatic hydroxyl groups excluding tert-OH is 1. The van der Waals surface area contributed by atoms with Gasteiger partial charge >= 0.3 is 0 Å². The Kier molecular flexibility index (Phi) is 4.86. The zero-order valence-electron chi connectivity index (χ0n) is 15.0. The van der Waals surface area contributed by atoms with Crippen molar-refractivity contribution in [3.63, 3.8) is 0 Å². The van der Waals surface area contributed by atoms with Crippen molar-refractivity contribution in [2.45, 2.75) is 19.4 Å². The molecule has 0 unspecified atom stereocenters. The van der Waals surface area contributed by atoms with Crippen LogP contribution >= 0.6 is 0 Å². The second kappa shape index (κ2) is 7.43. The third kappa shape index (κ3) is 3.43. The minimum atomic E-state index is 0.0552. The first-order chi connectivity index (χ1) is 12.7. The molecule has 1 aliphatic heterocycles. The summed E-state index contributed by atoms with van der Waals surface area (Å²) in [5, 5.41) is 10.2. The standard InChI is InChI=1S/C20H24N4O2/c1-24(11-14-6-8-26-9-7-14)20-17-10-18(23-19(17)21-13-22-20)16-4-2-15(12-25)3-5-16/h2-5,10,13-14,25H,6-9,11-12H2,1H3,(H,21,22,23). The van der Waals surface area contributed by atoms with Crippen LogP contribution in [0, 0.1) is 5.92 Å². The molecule has 26 heavy (non-hydrogen) atoms. The van der Waals surface area contributed by atoms with Gasteiger partial charge in [-0.3, -0.25) is 0 Å². The molecule has 136 valence electrons. The van der Waals surface area contributed by atoms with Crippen molar-refractivity contribution in [3.8, 4) is 11.3 Å². The van der Waals surface area contributed by atoms with E-state index in [0.717, 1.165) is 66.3 Å². The first-order valence-electron chi connectivity index (χ1n) is 9.07. The zero-order chi connectivity index (χ0) is 17.9. The lowest BCUT2D eigenvalue weighted by Gasteiger charge is -2.27. The predicted molar refractivity (Wildman–Crippen MR) is 102 cm³/mol. The third-order valence-electron chi connectivity index (χ3n) is 5.09. The molecular weight excluding hydrogens is 328 g/mol. The molecule has 1 fully saturated rings. The van der Waals surface area contributed by atoms with E-state index in [-0.39, 0.29) is 6.61 Å². The van der Waals surface area contributed by atoms with Crippen LogP contribution < -0.4 is 4.90 Å². The monoisotopic (exact) mass is 352 g/mol. The van der Waals surface area contributed by atoms with E-state index in [1.165, 1.54) is 0 Å². The average molecular weight is 352 g/mol. The van der Waals surface area contributed by atoms with Crippen LogP contribution in [0.15, 0.2) is 36.7 Å². The quantitative estimate of drug-likeness (QED) is 0.738. The molecule has 0 amide bonds. The molecule has 2 aromatic heterocycles. The lowest BCUT2D eigenvalue weighted by molar-refractivity contribution is 0.0685. The summed E-state index contributed by atoms with van der Waals surface area (Å²) in [6, 6.07) is 10.00. The fourth-order valence-corrected chi connectivity index (χ4v) is 3.58. The third-order valence-corrected chi connectivity index (χ3v) is 5.09. The number of hydrogen-bond donors (Lipinski definition) is 2. The fourth-order valence-electron chi connectivity index (χ4n) is 3.58. The van der Waals surface area contributed by atoms with Crippen LogP contribution in [-0.2, 0) is 11.3 Å². The molecule has 0 atom stereocenters. The van der Waals surface area contributed by atoms with Crippen molar-refractivity contribution in [1.82, 2.24) is 15.0 Å². The van der Waals surface area contributed by atoms with Gasteiger partial charge in [-0.2, -0.15) is 0 Å². The Balaban J connectivity index is 1.62. The Morgan fingerprint density at radius 1 is 1.19 bits per heavy atom. The maximum atomic E-state index is 9.21. The van der Waals surface area contributed by atoms with Gasteiger partial charge in [0.25, 0.3) is 0 Å². The van der Waals surface area contributed by atoms with Crippen LogP contribution in [0.25, 0.3) is 22.3 Å². The Morgan fingerprint density at radius 3 is 2.69 bits per heavy atom. The second-order valence-corrected chi connectivity index (χ2v) is 6.93. The van der Waals surface area contributed by atoms with E-state index in [1.54, 1.807) is 6.33 Å². The molecule has 3 heterocycles. The summed E-state index contributed by atoms with van der Waals surface area (Å²) in [6.45, 7) is 2.74. The largest absolute Gasteiger partial charge is 0.392 e. The number of nitrogens with zero attached hydrogens (tertiary/aromatic N) is 3. The highest BCUT2D eigenvalue weighted by Crippen LogP contribution is 2.29. The summed E-state index contributed by atoms with van der Waals surface area (Å²) in [6.07, 6.45) is 3.83. The lowest BCUT2D eigenvalue weighted by Crippen LogP contribution is -2.30. The van der Waals surface area contributed by atoms with Gasteiger partial charge in [-0.15, -0.1) is 0 Å². The highest BCUT2D eigenvalue weighted by Gasteiger charge is 2.19. The van der Waals surface area contributed by atoms with Gasteiger partial charge in [0.05, 0.1) is 12.0 Å². The first-order valence-corrected chi connectivity index (χ1v) is 9.07. The Bertz CT molecular complexity index is 869. The molecule has 0 spiro atoms. The van der Waals surface area contributed by atoms with Gasteiger partial charge in [0.1, 0.15) is 17.8 Å². The number of aromatic nitrogens is 3. The maximum absolute atomic E-state index is 9.21. The Labute approximate surface area is 152 Å². The Hall–Kier alpha value is -2.44. The summed E-state index contributed by atoms with van der Waals surface area (Å²) in [5.41, 5.74) is 3.82. The summed E-state index contributed by atoms with van der Waals surface area (Å²) in [5.74, 6) is 1.60. The van der Waals surface area contributed by atoms with Crippen molar-refractivity contribution < 1.29 is 9.84 Å². The number of aromatic amines is 1. The molecule has 2 N–H and O–H groups in total. The number of hydrogen-bond acceptors (Lipinski definition) is 5. The highest BCUT2D eigenvalue weighted by molar-refractivity contribution is 5.91. The highest BCUT2D eigenvalue weighted by atomic mass is 16.5. The van der Waals surface area contributed by atoms with Gasteiger partial charge in [-0.05, 0) is 36.0 Å². The number of nitrogens with one attached hydrogen (secondary N) is 1. The zero-order valence-corrected chi connectivity index (χ0v) is 15.0. The summed E-state index contributed by atoms with van der Waals surface area (Å²) >= 11 is 0. The average Bonchev–Trinajstić information content (AvgIpc) is 3.13. The molecule has 1 aromatic carbocycles. The van der Waals surface area contributed by atoms with E-state index >= 15 is 0 Å². The van der Waals surface area contributed by atoms with Crippen LogP contribution in [0.3, 0.4) is 0 Å². The molecular formula is C20H24N4O2. The lowest BCUT2D eigenvalue weighted by atomic mass is 10.00. The van der Waals surface area contributed by atoms with Crippen LogP contribution in [0.4, 0.5) is 5.82 Å². The predicted octanol–water partition coefficient (Wildman–Crippen LogP) is 2.98. The van der Waals surface area contributed by atoms with Gasteiger partial charge in [0, 0.05) is 32.5 Å². The van der Waals surface area contributed by atoms with Crippen molar-refractivity contribution in [2.75, 3.05) is 31.7 Å². The molecule has 1 aliphatic rings. The van der Waals surface area contributed by atoms with Gasteiger partial charge in [0.2, 0.25) is 0 Å². The van der Waals surface area contributed by atoms with E-state index in [9.17, 15) is 5.11 Å². The molecule has 6 heteroatoms. The molecule has 6 nitrogen and oxygen atoms in total. The molecule has 0 radical (unpaired) electrons. The van der Waals surface area contributed by atoms with E-state index in [4.69, 9.17) is 4.74 Å². The fraction of sp³-hybridized carbons (Fsp3) is 0.400. The van der Waals surface area contributed by atoms with Gasteiger partial charge < -0.3 is 19.7 Å². The van der Waals surface area contributed by atoms with Crippen molar-refractivity contribution in [2.24, 2.45) is 5.92 Å². The number of H-pyrrole nitrogens is 1. The number of ether oxygens (including phenoxy) is 1. The molecule has 0 saturated carbocycles. The van der Waals surface area contributed by atoms with E-state index in [1.807, 2.05) is 24.3 Å². The normalized spacial score (nSPS) is 15.5. The van der Waals surface area contributed by atoms with E-state index in [2.05, 4.69) is 33.0 Å². The first kappa shape index (κ1) is 17.0. The van der Waals surface area contributed by atoms with Crippen molar-refractivity contribution >= 4 is 16.9 Å². The number of anilines is 1. The molecule has 4 rings (SSSR count). The summed E-state index contributed by atoms with van der Waals surface area (Å²) in [7, 11) is 2.10. The van der Waals surface area contributed by atoms with Crippen molar-refractivity contribution in [3.05, 3.63) is 42.2 Å². The van der Waals surface area contributed by atoms with Gasteiger partial charge in [0.15, 0.2) is 0 Å². The number of rotatable bonds is 5. The minimum absolute atomic E-state index is 0.0552. The van der Waals surface area contributed by atoms with Crippen LogP contribution in [0.2, 0.25) is 0 Å². The number of fused-ring (bicyclic) bond motifs is 1. The topological polar surface area (TPSA) is 74.3 Å². The SMILES string of the molecule is CN(CC1CCOCC1)c1ncnc2[nH]c(-c3ccc(CO)cc3)cc12. The second-order valence-electron chi connectivity index (χ2n) is 6.93. The van der Waals surface area contributed by atoms with E-state index < -0.39 is 0 Å². The Morgan fingerprint density at radius 2 is 1.96 bits per heavy atom. The van der Waals surface area contributed by atoms with Gasteiger partial charge in [-0.25, -0.2) is 9.97 Å². The molecule has 0 bridgehead atoms. The van der Waals surface area contributed by atoms with Crippen LogP contribution in [0.5, 0.6) is 0 Å². The van der Waals surface area contributed by atoms with Crippen molar-refractivity contribution in [1.29, 1.82) is 0 Å². The summed E-state index contributed by atoms with van der Waals surface area (Å²) < 4.78 is 5.46. The smallest absolute Gasteiger partial charge is 0.143 e.